The number of rotatable bonds is 4. The fraction of sp³-hybridized carbons (Fsp3) is 0.133. The van der Waals surface area contributed by atoms with Gasteiger partial charge in [0.1, 0.15) is 11.4 Å². The molecule has 3 rings (SSSR count). The van der Waals surface area contributed by atoms with Gasteiger partial charge in [0, 0.05) is 36.6 Å². The summed E-state index contributed by atoms with van der Waals surface area (Å²) in [5, 5.41) is 19.3. The molecule has 0 fully saturated rings. The van der Waals surface area contributed by atoms with Crippen LogP contribution in [0.2, 0.25) is 0 Å². The number of benzene rings is 1. The summed E-state index contributed by atoms with van der Waals surface area (Å²) < 4.78 is 1.57. The topological polar surface area (TPSA) is 113 Å². The molecule has 8 heteroatoms. The smallest absolute Gasteiger partial charge is 0.271 e. The maximum Gasteiger partial charge on any atom is 0.271 e. The number of nitrogens with zero attached hydrogens (tertiary/aromatic N) is 5. The number of hydrogen-bond donors (Lipinski definition) is 1. The molecule has 2 aromatic heterocycles. The highest BCUT2D eigenvalue weighted by Gasteiger charge is 2.18. The average Bonchev–Trinajstić information content (AvgIpc) is 2.99. The van der Waals surface area contributed by atoms with Gasteiger partial charge in [-0.1, -0.05) is 11.3 Å². The van der Waals surface area contributed by atoms with E-state index in [9.17, 15) is 10.1 Å². The predicted molar refractivity (Wildman–Crippen MR) is 83.9 cm³/mol. The molecule has 23 heavy (non-hydrogen) atoms. The monoisotopic (exact) mass is 310 g/mol. The van der Waals surface area contributed by atoms with E-state index in [1.807, 2.05) is 13.0 Å². The van der Waals surface area contributed by atoms with Crippen LogP contribution in [0.4, 0.5) is 5.69 Å². The molecular weight excluding hydrogens is 296 g/mol. The van der Waals surface area contributed by atoms with Gasteiger partial charge in [-0.2, -0.15) is 0 Å². The first kappa shape index (κ1) is 14.8. The van der Waals surface area contributed by atoms with Crippen LogP contribution in [0.3, 0.4) is 0 Å². The van der Waals surface area contributed by atoms with Crippen LogP contribution in [0.15, 0.2) is 42.7 Å². The van der Waals surface area contributed by atoms with Gasteiger partial charge in [-0.25, -0.2) is 4.68 Å². The first-order chi connectivity index (χ1) is 11.1. The lowest BCUT2D eigenvalue weighted by molar-refractivity contribution is -0.384. The Kier molecular flexibility index (Phi) is 3.82. The van der Waals surface area contributed by atoms with Gasteiger partial charge in [0.2, 0.25) is 0 Å². The zero-order valence-electron chi connectivity index (χ0n) is 12.4. The summed E-state index contributed by atoms with van der Waals surface area (Å²) in [5.74, 6) is 0. The van der Waals surface area contributed by atoms with Crippen molar-refractivity contribution in [2.24, 2.45) is 5.73 Å². The molecule has 0 spiro atoms. The van der Waals surface area contributed by atoms with Crippen molar-refractivity contribution < 1.29 is 4.92 Å². The molecule has 8 nitrogen and oxygen atoms in total. The summed E-state index contributed by atoms with van der Waals surface area (Å²) in [7, 11) is 0. The number of nitro benzene ring substituents is 1. The molecule has 116 valence electrons. The zero-order chi connectivity index (χ0) is 16.4. The minimum atomic E-state index is -0.437. The number of nitrogens with two attached hydrogens (primary N) is 1. The SMILES string of the molecule is Cc1ccc([N+](=O)[O-])cc1-n1nnc(CN)c1-c1cccnc1. The second-order valence-corrected chi connectivity index (χ2v) is 4.97. The van der Waals surface area contributed by atoms with Gasteiger partial charge in [0.25, 0.3) is 5.69 Å². The van der Waals surface area contributed by atoms with Crippen LogP contribution in [-0.4, -0.2) is 24.9 Å². The number of nitro groups is 1. The Bertz CT molecular complexity index is 860. The minimum Gasteiger partial charge on any atom is -0.325 e. The molecule has 0 unspecified atom stereocenters. The van der Waals surface area contributed by atoms with Gasteiger partial charge in [0.05, 0.1) is 10.6 Å². The summed E-state index contributed by atoms with van der Waals surface area (Å²) in [6.45, 7) is 2.06. The second kappa shape index (κ2) is 5.93. The second-order valence-electron chi connectivity index (χ2n) is 4.97. The molecule has 0 aliphatic heterocycles. The quantitative estimate of drug-likeness (QED) is 0.582. The molecule has 2 heterocycles. The Morgan fingerprint density at radius 1 is 1.35 bits per heavy atom. The number of hydrogen-bond acceptors (Lipinski definition) is 6. The molecule has 1 aromatic carbocycles. The van der Waals surface area contributed by atoms with Crippen LogP contribution >= 0.6 is 0 Å². The van der Waals surface area contributed by atoms with E-state index < -0.39 is 4.92 Å². The summed E-state index contributed by atoms with van der Waals surface area (Å²) >= 11 is 0. The van der Waals surface area contributed by atoms with Crippen molar-refractivity contribution in [1.29, 1.82) is 0 Å². The maximum atomic E-state index is 11.0. The molecule has 0 aliphatic carbocycles. The molecule has 3 aromatic rings. The molecule has 2 N–H and O–H groups in total. The lowest BCUT2D eigenvalue weighted by Gasteiger charge is -2.10. The lowest BCUT2D eigenvalue weighted by Crippen LogP contribution is -2.05. The summed E-state index contributed by atoms with van der Waals surface area (Å²) in [6.07, 6.45) is 3.35. The van der Waals surface area contributed by atoms with E-state index in [1.165, 1.54) is 12.1 Å². The van der Waals surface area contributed by atoms with E-state index >= 15 is 0 Å². The first-order valence-electron chi connectivity index (χ1n) is 6.92. The van der Waals surface area contributed by atoms with Crippen molar-refractivity contribution in [3.63, 3.8) is 0 Å². The number of pyridine rings is 1. The van der Waals surface area contributed by atoms with Gasteiger partial charge in [-0.05, 0) is 24.6 Å². The lowest BCUT2D eigenvalue weighted by atomic mass is 10.1. The van der Waals surface area contributed by atoms with Gasteiger partial charge in [-0.15, -0.1) is 5.10 Å². The largest absolute Gasteiger partial charge is 0.325 e. The predicted octanol–water partition coefficient (Wildman–Crippen LogP) is 2.00. The highest BCUT2D eigenvalue weighted by Crippen LogP contribution is 2.28. The Morgan fingerprint density at radius 2 is 2.17 bits per heavy atom. The number of aryl methyl sites for hydroxylation is 1. The molecule has 0 saturated heterocycles. The third-order valence-corrected chi connectivity index (χ3v) is 3.50. The Hall–Kier alpha value is -3.13. The highest BCUT2D eigenvalue weighted by molar-refractivity contribution is 5.64. The van der Waals surface area contributed by atoms with Crippen LogP contribution in [0.25, 0.3) is 16.9 Å². The maximum absolute atomic E-state index is 11.0. The van der Waals surface area contributed by atoms with E-state index in [-0.39, 0.29) is 12.2 Å². The van der Waals surface area contributed by atoms with Crippen molar-refractivity contribution in [3.05, 3.63) is 64.1 Å². The number of aromatic nitrogens is 4. The van der Waals surface area contributed by atoms with E-state index in [2.05, 4.69) is 15.3 Å². The van der Waals surface area contributed by atoms with Gasteiger partial charge in [0.15, 0.2) is 0 Å². The minimum absolute atomic E-state index is 0.00691. The van der Waals surface area contributed by atoms with Gasteiger partial charge < -0.3 is 5.73 Å². The molecular formula is C15H14N6O2. The van der Waals surface area contributed by atoms with Gasteiger partial charge in [-0.3, -0.25) is 15.1 Å². The fourth-order valence-corrected chi connectivity index (χ4v) is 2.35. The molecule has 0 saturated carbocycles. The van der Waals surface area contributed by atoms with Gasteiger partial charge >= 0.3 is 0 Å². The van der Waals surface area contributed by atoms with Crippen molar-refractivity contribution in [2.45, 2.75) is 13.5 Å². The van der Waals surface area contributed by atoms with E-state index in [4.69, 9.17) is 5.73 Å². The van der Waals surface area contributed by atoms with Crippen LogP contribution in [0, 0.1) is 17.0 Å². The molecule has 0 radical (unpaired) electrons. The van der Waals surface area contributed by atoms with E-state index in [0.717, 1.165) is 11.1 Å². The Balaban J connectivity index is 2.24. The Morgan fingerprint density at radius 3 is 2.83 bits per heavy atom. The summed E-state index contributed by atoms with van der Waals surface area (Å²) in [5.41, 5.74) is 9.25. The third kappa shape index (κ3) is 2.67. The van der Waals surface area contributed by atoms with Crippen molar-refractivity contribution >= 4 is 5.69 Å². The Labute approximate surface area is 131 Å². The van der Waals surface area contributed by atoms with Crippen molar-refractivity contribution in [3.8, 4) is 16.9 Å². The standard InChI is InChI=1S/C15H14N6O2/c1-10-4-5-12(21(22)23)7-14(10)20-15(13(8-16)18-19-20)11-3-2-6-17-9-11/h2-7,9H,8,16H2,1H3. The van der Waals surface area contributed by atoms with E-state index in [1.54, 1.807) is 29.2 Å². The average molecular weight is 310 g/mol. The molecule has 0 atom stereocenters. The van der Waals surface area contributed by atoms with Crippen molar-refractivity contribution in [2.75, 3.05) is 0 Å². The summed E-state index contributed by atoms with van der Waals surface area (Å²) in [6, 6.07) is 8.29. The van der Waals surface area contributed by atoms with Crippen LogP contribution < -0.4 is 5.73 Å². The van der Waals surface area contributed by atoms with E-state index in [0.29, 0.717) is 17.1 Å². The molecule has 0 amide bonds. The number of non-ortho nitro benzene ring substituents is 1. The zero-order valence-corrected chi connectivity index (χ0v) is 12.4. The first-order valence-corrected chi connectivity index (χ1v) is 6.92. The summed E-state index contributed by atoms with van der Waals surface area (Å²) in [4.78, 5) is 14.7. The fourth-order valence-electron chi connectivity index (χ4n) is 2.35. The third-order valence-electron chi connectivity index (χ3n) is 3.50. The highest BCUT2D eigenvalue weighted by atomic mass is 16.6. The van der Waals surface area contributed by atoms with Crippen LogP contribution in [0.1, 0.15) is 11.3 Å². The molecule has 0 bridgehead atoms. The van der Waals surface area contributed by atoms with Crippen LogP contribution in [0.5, 0.6) is 0 Å². The van der Waals surface area contributed by atoms with Crippen LogP contribution in [-0.2, 0) is 6.54 Å². The van der Waals surface area contributed by atoms with Crippen molar-refractivity contribution in [1.82, 2.24) is 20.0 Å². The normalized spacial score (nSPS) is 10.7. The molecule has 0 aliphatic rings.